The van der Waals surface area contributed by atoms with Gasteiger partial charge in [-0.3, -0.25) is 0 Å². The topological polar surface area (TPSA) is 24.5 Å². The first-order valence-corrected chi connectivity index (χ1v) is 7.99. The van der Waals surface area contributed by atoms with Crippen LogP contribution in [-0.2, 0) is 6.54 Å². The molecule has 0 saturated heterocycles. The van der Waals surface area contributed by atoms with Crippen LogP contribution in [0.5, 0.6) is 5.75 Å². The summed E-state index contributed by atoms with van der Waals surface area (Å²) in [6.45, 7) is 9.14. The predicted octanol–water partition coefficient (Wildman–Crippen LogP) is 3.38. The molecule has 1 rings (SSSR count). The summed E-state index contributed by atoms with van der Waals surface area (Å²) < 4.78 is 5.82. The lowest BCUT2D eigenvalue weighted by Crippen LogP contribution is -2.13. The Hall–Kier alpha value is -1.06. The molecule has 0 saturated carbocycles. The molecular formula is C18H30N2O. The van der Waals surface area contributed by atoms with Gasteiger partial charge in [0.1, 0.15) is 5.75 Å². The van der Waals surface area contributed by atoms with E-state index in [9.17, 15) is 0 Å². The maximum absolute atomic E-state index is 5.82. The van der Waals surface area contributed by atoms with E-state index in [2.05, 4.69) is 36.4 Å². The quantitative estimate of drug-likeness (QED) is 0.597. The highest BCUT2D eigenvalue weighted by Crippen LogP contribution is 2.14. The first kappa shape index (κ1) is 18.0. The highest BCUT2D eigenvalue weighted by atomic mass is 16.5. The van der Waals surface area contributed by atoms with Crippen molar-refractivity contribution in [3.8, 4) is 5.75 Å². The lowest BCUT2D eigenvalue weighted by Gasteiger charge is -2.10. The van der Waals surface area contributed by atoms with Gasteiger partial charge in [0.2, 0.25) is 0 Å². The van der Waals surface area contributed by atoms with Gasteiger partial charge in [0, 0.05) is 6.54 Å². The summed E-state index contributed by atoms with van der Waals surface area (Å²) in [5.41, 5.74) is 1.24. The minimum Gasteiger partial charge on any atom is -0.494 e. The van der Waals surface area contributed by atoms with Crippen molar-refractivity contribution in [3.05, 3.63) is 36.8 Å². The van der Waals surface area contributed by atoms with Gasteiger partial charge in [0.05, 0.1) is 6.61 Å². The fraction of sp³-hybridized carbons (Fsp3) is 0.611. The lowest BCUT2D eigenvalue weighted by atomic mass is 10.2. The molecule has 0 atom stereocenters. The number of ether oxygens (including phenoxy) is 1. The maximum Gasteiger partial charge on any atom is 0.119 e. The molecule has 1 aromatic carbocycles. The van der Waals surface area contributed by atoms with Crippen molar-refractivity contribution in [2.75, 3.05) is 33.8 Å². The smallest absolute Gasteiger partial charge is 0.119 e. The summed E-state index contributed by atoms with van der Waals surface area (Å²) in [5, 5.41) is 3.29. The molecule has 3 nitrogen and oxygen atoms in total. The predicted molar refractivity (Wildman–Crippen MR) is 89.6 cm³/mol. The Labute approximate surface area is 130 Å². The van der Waals surface area contributed by atoms with E-state index in [1.54, 1.807) is 0 Å². The van der Waals surface area contributed by atoms with Gasteiger partial charge in [-0.25, -0.2) is 0 Å². The summed E-state index contributed by atoms with van der Waals surface area (Å²) in [5.74, 6) is 0.968. The SMILES string of the molecule is [CH]CCNCc1cccc(OCCCCCCN(C)C)c1. The molecule has 0 unspecified atom stereocenters. The van der Waals surface area contributed by atoms with Crippen LogP contribution < -0.4 is 10.1 Å². The Morgan fingerprint density at radius 2 is 1.95 bits per heavy atom. The molecule has 0 amide bonds. The van der Waals surface area contributed by atoms with Gasteiger partial charge in [-0.1, -0.05) is 25.0 Å². The molecule has 0 bridgehead atoms. The van der Waals surface area contributed by atoms with E-state index in [0.717, 1.165) is 31.9 Å². The molecule has 0 aromatic heterocycles. The molecule has 0 fully saturated rings. The van der Waals surface area contributed by atoms with E-state index in [0.29, 0.717) is 6.42 Å². The molecule has 2 radical (unpaired) electrons. The standard InChI is InChI=1S/C18H30N2O/c1-4-12-19-16-17-10-9-11-18(15-17)21-14-8-6-5-7-13-20(2)3/h1,9-11,15,19H,4-8,12-14,16H2,2-3H3. The second kappa shape index (κ2) is 11.6. The lowest BCUT2D eigenvalue weighted by molar-refractivity contribution is 0.301. The Morgan fingerprint density at radius 1 is 1.14 bits per heavy atom. The molecule has 0 aliphatic rings. The Kier molecular flexibility index (Phi) is 9.92. The summed E-state index contributed by atoms with van der Waals surface area (Å²) in [7, 11) is 4.25. The van der Waals surface area contributed by atoms with E-state index in [4.69, 9.17) is 11.7 Å². The van der Waals surface area contributed by atoms with Crippen LogP contribution in [0.15, 0.2) is 24.3 Å². The van der Waals surface area contributed by atoms with Crippen LogP contribution in [0.2, 0.25) is 0 Å². The van der Waals surface area contributed by atoms with Crippen LogP contribution in [-0.4, -0.2) is 38.7 Å². The Bertz CT molecular complexity index is 366. The molecule has 118 valence electrons. The minimum atomic E-state index is 0.671. The van der Waals surface area contributed by atoms with Gasteiger partial charge in [0.25, 0.3) is 0 Å². The van der Waals surface area contributed by atoms with E-state index in [1.807, 2.05) is 12.1 Å². The Balaban J connectivity index is 2.12. The van der Waals surface area contributed by atoms with E-state index in [1.165, 1.54) is 31.4 Å². The molecule has 3 heteroatoms. The summed E-state index contributed by atoms with van der Waals surface area (Å²) in [6, 6.07) is 8.29. The zero-order valence-electron chi connectivity index (χ0n) is 13.6. The number of unbranched alkanes of at least 4 members (excludes halogenated alkanes) is 3. The molecule has 21 heavy (non-hydrogen) atoms. The van der Waals surface area contributed by atoms with E-state index in [-0.39, 0.29) is 0 Å². The van der Waals surface area contributed by atoms with Crippen LogP contribution in [0.25, 0.3) is 0 Å². The first-order chi connectivity index (χ1) is 10.2. The fourth-order valence-electron chi connectivity index (χ4n) is 2.15. The van der Waals surface area contributed by atoms with Crippen molar-refractivity contribution < 1.29 is 4.74 Å². The van der Waals surface area contributed by atoms with Gasteiger partial charge in [0.15, 0.2) is 0 Å². The number of rotatable bonds is 12. The van der Waals surface area contributed by atoms with Gasteiger partial charge in [-0.2, -0.15) is 0 Å². The average molecular weight is 290 g/mol. The molecule has 1 aromatic rings. The average Bonchev–Trinajstić information content (AvgIpc) is 2.47. The van der Waals surface area contributed by atoms with Gasteiger partial charge < -0.3 is 15.0 Å². The molecule has 0 aliphatic heterocycles. The largest absolute Gasteiger partial charge is 0.494 e. The monoisotopic (exact) mass is 290 g/mol. The fourth-order valence-corrected chi connectivity index (χ4v) is 2.15. The summed E-state index contributed by atoms with van der Waals surface area (Å²) in [6.07, 6.45) is 5.60. The second-order valence-electron chi connectivity index (χ2n) is 5.68. The van der Waals surface area contributed by atoms with Gasteiger partial charge in [-0.15, -0.1) is 0 Å². The summed E-state index contributed by atoms with van der Waals surface area (Å²) >= 11 is 0. The molecular weight excluding hydrogens is 260 g/mol. The number of nitrogens with one attached hydrogen (secondary N) is 1. The van der Waals surface area contributed by atoms with Crippen LogP contribution >= 0.6 is 0 Å². The van der Waals surface area contributed by atoms with Crippen molar-refractivity contribution in [1.82, 2.24) is 10.2 Å². The van der Waals surface area contributed by atoms with Crippen LogP contribution in [0.4, 0.5) is 0 Å². The van der Waals surface area contributed by atoms with Crippen molar-refractivity contribution in [3.63, 3.8) is 0 Å². The Morgan fingerprint density at radius 3 is 2.71 bits per heavy atom. The third kappa shape index (κ3) is 9.48. The zero-order valence-corrected chi connectivity index (χ0v) is 13.6. The summed E-state index contributed by atoms with van der Waals surface area (Å²) in [4.78, 5) is 2.24. The molecule has 0 aliphatic carbocycles. The zero-order chi connectivity index (χ0) is 15.3. The van der Waals surface area contributed by atoms with E-state index >= 15 is 0 Å². The molecule has 1 N–H and O–H groups in total. The molecule has 0 spiro atoms. The van der Waals surface area contributed by atoms with E-state index < -0.39 is 0 Å². The van der Waals surface area contributed by atoms with Crippen LogP contribution in [0.3, 0.4) is 0 Å². The number of hydrogen-bond donors (Lipinski definition) is 1. The van der Waals surface area contributed by atoms with Crippen LogP contribution in [0, 0.1) is 6.92 Å². The van der Waals surface area contributed by atoms with Crippen molar-refractivity contribution >= 4 is 0 Å². The van der Waals surface area contributed by atoms with Gasteiger partial charge in [-0.05, 0) is 71.1 Å². The third-order valence-electron chi connectivity index (χ3n) is 3.32. The van der Waals surface area contributed by atoms with Gasteiger partial charge >= 0.3 is 0 Å². The normalized spacial score (nSPS) is 11.0. The van der Waals surface area contributed by atoms with Crippen molar-refractivity contribution in [2.45, 2.75) is 38.6 Å². The maximum atomic E-state index is 5.82. The second-order valence-corrected chi connectivity index (χ2v) is 5.68. The van der Waals surface area contributed by atoms with Crippen LogP contribution in [0.1, 0.15) is 37.7 Å². The molecule has 0 heterocycles. The van der Waals surface area contributed by atoms with Crippen molar-refractivity contribution in [1.29, 1.82) is 0 Å². The highest BCUT2D eigenvalue weighted by Gasteiger charge is 1.98. The number of benzene rings is 1. The number of nitrogens with zero attached hydrogens (tertiary/aromatic N) is 1. The van der Waals surface area contributed by atoms with Crippen molar-refractivity contribution in [2.24, 2.45) is 0 Å². The number of hydrogen-bond acceptors (Lipinski definition) is 3. The third-order valence-corrected chi connectivity index (χ3v) is 3.32. The highest BCUT2D eigenvalue weighted by molar-refractivity contribution is 5.28. The minimum absolute atomic E-state index is 0.671. The first-order valence-electron chi connectivity index (χ1n) is 7.99.